The third-order valence-corrected chi connectivity index (χ3v) is 3.06. The van der Waals surface area contributed by atoms with Crippen LogP contribution in [0.1, 0.15) is 5.56 Å². The fourth-order valence-electron chi connectivity index (χ4n) is 1.82. The topological polar surface area (TPSA) is 67.3 Å². The van der Waals surface area contributed by atoms with Crippen molar-refractivity contribution >= 4 is 17.6 Å². The quantitative estimate of drug-likeness (QED) is 0.913. The molecule has 2 rings (SSSR count). The SMILES string of the molecule is COC(=O)Nc1ccc(N(C)CCc2ccncc2)nc1. The standard InChI is InChI=1S/C15H18N4O2/c1-19(10-7-12-5-8-16-9-6-12)14-4-3-13(11-17-14)18-15(20)21-2/h3-6,8-9,11H,7,10H2,1-2H3,(H,18,20). The highest BCUT2D eigenvalue weighted by atomic mass is 16.5. The number of ether oxygens (including phenoxy) is 1. The van der Waals surface area contributed by atoms with E-state index in [1.165, 1.54) is 12.7 Å². The van der Waals surface area contributed by atoms with E-state index in [1.807, 2.05) is 25.2 Å². The number of hydrogen-bond donors (Lipinski definition) is 1. The second kappa shape index (κ2) is 7.23. The number of amides is 1. The Morgan fingerprint density at radius 1 is 1.29 bits per heavy atom. The van der Waals surface area contributed by atoms with E-state index < -0.39 is 6.09 Å². The number of aromatic nitrogens is 2. The van der Waals surface area contributed by atoms with Gasteiger partial charge in [0.05, 0.1) is 19.0 Å². The zero-order chi connectivity index (χ0) is 15.1. The van der Waals surface area contributed by atoms with Crippen LogP contribution in [0.25, 0.3) is 0 Å². The zero-order valence-corrected chi connectivity index (χ0v) is 12.1. The number of nitrogens with one attached hydrogen (secondary N) is 1. The Hall–Kier alpha value is -2.63. The molecule has 21 heavy (non-hydrogen) atoms. The molecule has 2 heterocycles. The molecule has 6 nitrogen and oxygen atoms in total. The lowest BCUT2D eigenvalue weighted by molar-refractivity contribution is 0.187. The maximum Gasteiger partial charge on any atom is 0.411 e. The van der Waals surface area contributed by atoms with Crippen LogP contribution in [0.4, 0.5) is 16.3 Å². The van der Waals surface area contributed by atoms with Crippen molar-refractivity contribution in [1.82, 2.24) is 9.97 Å². The number of carbonyl (C=O) groups is 1. The van der Waals surface area contributed by atoms with Gasteiger partial charge in [-0.15, -0.1) is 0 Å². The molecule has 0 radical (unpaired) electrons. The van der Waals surface area contributed by atoms with Crippen LogP contribution in [-0.4, -0.2) is 36.8 Å². The van der Waals surface area contributed by atoms with Crippen molar-refractivity contribution in [1.29, 1.82) is 0 Å². The summed E-state index contributed by atoms with van der Waals surface area (Å²) in [6.45, 7) is 0.848. The van der Waals surface area contributed by atoms with Gasteiger partial charge in [-0.3, -0.25) is 10.3 Å². The van der Waals surface area contributed by atoms with E-state index in [-0.39, 0.29) is 0 Å². The minimum absolute atomic E-state index is 0.504. The number of nitrogens with zero attached hydrogens (tertiary/aromatic N) is 3. The van der Waals surface area contributed by atoms with Gasteiger partial charge in [0.15, 0.2) is 0 Å². The molecule has 0 unspecified atom stereocenters. The van der Waals surface area contributed by atoms with Crippen molar-refractivity contribution in [3.63, 3.8) is 0 Å². The van der Waals surface area contributed by atoms with Crippen molar-refractivity contribution in [2.24, 2.45) is 0 Å². The van der Waals surface area contributed by atoms with Crippen LogP contribution in [0, 0.1) is 0 Å². The van der Waals surface area contributed by atoms with Gasteiger partial charge in [-0.25, -0.2) is 9.78 Å². The summed E-state index contributed by atoms with van der Waals surface area (Å²) >= 11 is 0. The molecule has 0 aliphatic carbocycles. The van der Waals surface area contributed by atoms with Crippen LogP contribution < -0.4 is 10.2 Å². The first-order valence-corrected chi connectivity index (χ1v) is 6.60. The average molecular weight is 286 g/mol. The van der Waals surface area contributed by atoms with Crippen molar-refractivity contribution < 1.29 is 9.53 Å². The first-order chi connectivity index (χ1) is 10.2. The van der Waals surface area contributed by atoms with Gasteiger partial charge >= 0.3 is 6.09 Å². The van der Waals surface area contributed by atoms with Gasteiger partial charge in [0, 0.05) is 26.0 Å². The molecule has 0 saturated heterocycles. The Bertz CT molecular complexity index is 572. The molecule has 2 aromatic rings. The van der Waals surface area contributed by atoms with E-state index in [0.717, 1.165) is 18.8 Å². The third-order valence-electron chi connectivity index (χ3n) is 3.06. The molecule has 0 aliphatic rings. The molecule has 2 aromatic heterocycles. The Morgan fingerprint density at radius 3 is 2.67 bits per heavy atom. The van der Waals surface area contributed by atoms with E-state index in [4.69, 9.17) is 0 Å². The molecule has 0 aromatic carbocycles. The van der Waals surface area contributed by atoms with Crippen LogP contribution >= 0.6 is 0 Å². The average Bonchev–Trinajstić information content (AvgIpc) is 2.54. The number of likely N-dealkylation sites (N-methyl/N-ethyl adjacent to an activating group) is 1. The van der Waals surface area contributed by atoms with Gasteiger partial charge in [0.2, 0.25) is 0 Å². The molecule has 0 aliphatic heterocycles. The number of anilines is 2. The van der Waals surface area contributed by atoms with Crippen molar-refractivity contribution in [3.8, 4) is 0 Å². The Balaban J connectivity index is 1.90. The Labute approximate surface area is 123 Å². The molecule has 0 fully saturated rings. The summed E-state index contributed by atoms with van der Waals surface area (Å²) in [4.78, 5) is 21.5. The van der Waals surface area contributed by atoms with Crippen LogP contribution in [0.3, 0.4) is 0 Å². The van der Waals surface area contributed by atoms with Gasteiger partial charge in [-0.2, -0.15) is 0 Å². The predicted molar refractivity (Wildman–Crippen MR) is 81.5 cm³/mol. The van der Waals surface area contributed by atoms with Crippen molar-refractivity contribution in [2.75, 3.05) is 30.9 Å². The lowest BCUT2D eigenvalue weighted by Gasteiger charge is -2.18. The number of methoxy groups -OCH3 is 1. The number of hydrogen-bond acceptors (Lipinski definition) is 5. The Morgan fingerprint density at radius 2 is 2.05 bits per heavy atom. The van der Waals surface area contributed by atoms with Crippen molar-refractivity contribution in [3.05, 3.63) is 48.4 Å². The van der Waals surface area contributed by atoms with Gasteiger partial charge in [-0.05, 0) is 36.2 Å². The molecular formula is C15H18N4O2. The minimum Gasteiger partial charge on any atom is -0.453 e. The third kappa shape index (κ3) is 4.45. The van der Waals surface area contributed by atoms with Crippen LogP contribution in [0.2, 0.25) is 0 Å². The molecule has 110 valence electrons. The summed E-state index contributed by atoms with van der Waals surface area (Å²) in [5.41, 5.74) is 1.84. The van der Waals surface area contributed by atoms with Gasteiger partial charge < -0.3 is 9.64 Å². The predicted octanol–water partition coefficient (Wildman–Crippen LogP) is 2.33. The largest absolute Gasteiger partial charge is 0.453 e. The first-order valence-electron chi connectivity index (χ1n) is 6.60. The fourth-order valence-corrected chi connectivity index (χ4v) is 1.82. The van der Waals surface area contributed by atoms with Gasteiger partial charge in [-0.1, -0.05) is 0 Å². The molecule has 1 amide bonds. The van der Waals surface area contributed by atoms with Crippen LogP contribution in [0.5, 0.6) is 0 Å². The number of rotatable bonds is 5. The van der Waals surface area contributed by atoms with Gasteiger partial charge in [0.1, 0.15) is 5.82 Å². The minimum atomic E-state index is -0.504. The summed E-state index contributed by atoms with van der Waals surface area (Å²) in [6, 6.07) is 7.66. The second-order valence-corrected chi connectivity index (χ2v) is 4.55. The summed E-state index contributed by atoms with van der Waals surface area (Å²) in [6.07, 6.45) is 5.61. The van der Waals surface area contributed by atoms with E-state index >= 15 is 0 Å². The Kier molecular flexibility index (Phi) is 5.09. The second-order valence-electron chi connectivity index (χ2n) is 4.55. The highest BCUT2D eigenvalue weighted by Gasteiger charge is 2.05. The summed E-state index contributed by atoms with van der Waals surface area (Å²) in [5, 5.41) is 2.57. The van der Waals surface area contributed by atoms with Crippen LogP contribution in [0.15, 0.2) is 42.9 Å². The summed E-state index contributed by atoms with van der Waals surface area (Å²) in [7, 11) is 3.31. The molecule has 0 bridgehead atoms. The number of pyridine rings is 2. The lowest BCUT2D eigenvalue weighted by atomic mass is 10.2. The molecular weight excluding hydrogens is 268 g/mol. The normalized spacial score (nSPS) is 10.0. The molecule has 0 saturated carbocycles. The smallest absolute Gasteiger partial charge is 0.411 e. The maximum atomic E-state index is 11.1. The summed E-state index contributed by atoms with van der Waals surface area (Å²) in [5.74, 6) is 0.847. The first kappa shape index (κ1) is 14.8. The maximum absolute atomic E-state index is 11.1. The van der Waals surface area contributed by atoms with Crippen LogP contribution in [-0.2, 0) is 11.2 Å². The summed E-state index contributed by atoms with van der Waals surface area (Å²) < 4.78 is 4.53. The monoisotopic (exact) mass is 286 g/mol. The van der Waals surface area contributed by atoms with E-state index in [2.05, 4.69) is 24.9 Å². The zero-order valence-electron chi connectivity index (χ0n) is 12.1. The van der Waals surface area contributed by atoms with E-state index in [9.17, 15) is 4.79 Å². The van der Waals surface area contributed by atoms with Crippen molar-refractivity contribution in [2.45, 2.75) is 6.42 Å². The fraction of sp³-hybridized carbons (Fsp3) is 0.267. The molecule has 0 atom stereocenters. The molecule has 1 N–H and O–H groups in total. The lowest BCUT2D eigenvalue weighted by Crippen LogP contribution is -2.21. The van der Waals surface area contributed by atoms with Gasteiger partial charge in [0.25, 0.3) is 0 Å². The van der Waals surface area contributed by atoms with E-state index in [0.29, 0.717) is 5.69 Å². The molecule has 0 spiro atoms. The molecule has 6 heteroatoms. The highest BCUT2D eigenvalue weighted by Crippen LogP contribution is 2.13. The number of carbonyl (C=O) groups excluding carboxylic acids is 1. The highest BCUT2D eigenvalue weighted by molar-refractivity contribution is 5.84. The van der Waals surface area contributed by atoms with E-state index in [1.54, 1.807) is 24.7 Å².